The monoisotopic (exact) mass is 959 g/mol. The molecule has 350 valence electrons. The van der Waals surface area contributed by atoms with Crippen molar-refractivity contribution in [3.8, 4) is 61.3 Å². The Morgan fingerprint density at radius 3 is 1.38 bits per heavy atom. The average molecular weight is 960 g/mol. The topological polar surface area (TPSA) is 4.93 Å². The Bertz CT molecular complexity index is 4870. The summed E-state index contributed by atoms with van der Waals surface area (Å²) in [4.78, 5) is 0. The van der Waals surface area contributed by atoms with Crippen molar-refractivity contribution in [1.82, 2.24) is 4.57 Å². The van der Waals surface area contributed by atoms with Crippen molar-refractivity contribution in [2.24, 2.45) is 0 Å². The summed E-state index contributed by atoms with van der Waals surface area (Å²) in [5, 5.41) is 15.2. The van der Waals surface area contributed by atoms with Crippen LogP contribution < -0.4 is 0 Å². The second-order valence-corrected chi connectivity index (χ2v) is 21.0. The van der Waals surface area contributed by atoms with Crippen LogP contribution in [0.3, 0.4) is 0 Å². The van der Waals surface area contributed by atoms with Crippen LogP contribution in [-0.4, -0.2) is 4.57 Å². The van der Waals surface area contributed by atoms with E-state index in [4.69, 9.17) is 0 Å². The minimum absolute atomic E-state index is 0.482. The lowest BCUT2D eigenvalue weighted by Gasteiger charge is -2.32. The Balaban J connectivity index is 0.840. The van der Waals surface area contributed by atoms with Crippen molar-refractivity contribution in [2.75, 3.05) is 0 Å². The highest BCUT2D eigenvalue weighted by molar-refractivity contribution is 6.24. The molecule has 0 fully saturated rings. The van der Waals surface area contributed by atoms with Gasteiger partial charge in [0.1, 0.15) is 0 Å². The predicted molar refractivity (Wildman–Crippen MR) is 321 cm³/mol. The van der Waals surface area contributed by atoms with Gasteiger partial charge in [0.2, 0.25) is 0 Å². The minimum atomic E-state index is -0.482. The van der Waals surface area contributed by atoms with Crippen molar-refractivity contribution >= 4 is 75.7 Å². The summed E-state index contributed by atoms with van der Waals surface area (Å²) in [5.41, 5.74) is 21.3. The molecule has 0 atom stereocenters. The second kappa shape index (κ2) is 15.6. The summed E-state index contributed by atoms with van der Waals surface area (Å²) in [5.74, 6) is 0. The van der Waals surface area contributed by atoms with E-state index in [0.717, 1.165) is 0 Å². The molecule has 0 saturated heterocycles. The zero-order valence-corrected chi connectivity index (χ0v) is 41.4. The lowest BCUT2D eigenvalue weighted by molar-refractivity contribution is 0.803. The van der Waals surface area contributed by atoms with Gasteiger partial charge in [0.05, 0.1) is 16.4 Å². The highest BCUT2D eigenvalue weighted by Crippen LogP contribution is 2.66. The first-order valence-corrected chi connectivity index (χ1v) is 26.6. The molecule has 17 rings (SSSR count). The minimum Gasteiger partial charge on any atom is -0.309 e. The molecule has 76 heavy (non-hydrogen) atoms. The van der Waals surface area contributed by atoms with Gasteiger partial charge in [0, 0.05) is 16.5 Å². The summed E-state index contributed by atoms with van der Waals surface area (Å²) in [6, 6.07) is 103. The number of aromatic nitrogens is 1. The van der Waals surface area contributed by atoms with E-state index >= 15 is 0 Å². The molecule has 1 nitrogen and oxygen atoms in total. The molecule has 0 bridgehead atoms. The molecule has 14 aromatic carbocycles. The molecule has 2 aliphatic rings. The largest absolute Gasteiger partial charge is 0.309 e. The van der Waals surface area contributed by atoms with Crippen LogP contribution in [0.25, 0.3) is 137 Å². The zero-order chi connectivity index (χ0) is 49.6. The fraction of sp³-hybridized carbons (Fsp3) is 0.0133. The standard InChI is InChI=1S/C75H45N/c1-2-20-52(21-3-1)76-69-33-17-14-25-56(69)64-44-51(39-41-70(64)76)72-60-29-10-8-27-58(60)71(59-28-9-11-30-61(59)72)47-36-34-46(35-37-47)50-38-40-62-63(42-50)53-22-6-7-26-57(53)73-65-43-48-18-4-5-19-49(48)45-68(65)75(74(62)73)66-31-15-12-23-54(66)55-24-13-16-32-67(55)75/h1-45H. The van der Waals surface area contributed by atoms with E-state index in [0.29, 0.717) is 0 Å². The quantitative estimate of drug-likeness (QED) is 0.122. The van der Waals surface area contributed by atoms with Gasteiger partial charge in [-0.2, -0.15) is 0 Å². The first kappa shape index (κ1) is 41.6. The number of rotatable bonds is 4. The van der Waals surface area contributed by atoms with E-state index in [1.54, 1.807) is 0 Å². The lowest BCUT2D eigenvalue weighted by Crippen LogP contribution is -2.26. The van der Waals surface area contributed by atoms with Crippen molar-refractivity contribution in [3.63, 3.8) is 0 Å². The fourth-order valence-corrected chi connectivity index (χ4v) is 14.3. The van der Waals surface area contributed by atoms with Gasteiger partial charge in [0.15, 0.2) is 0 Å². The first-order chi connectivity index (χ1) is 37.7. The molecule has 0 N–H and O–H groups in total. The van der Waals surface area contributed by atoms with Crippen LogP contribution in [0.4, 0.5) is 0 Å². The maximum Gasteiger partial charge on any atom is 0.0731 e. The highest BCUT2D eigenvalue weighted by Gasteiger charge is 2.53. The molecular weight excluding hydrogens is 915 g/mol. The molecule has 1 aromatic heterocycles. The van der Waals surface area contributed by atoms with Crippen LogP contribution in [0.2, 0.25) is 0 Å². The van der Waals surface area contributed by atoms with Crippen molar-refractivity contribution in [1.29, 1.82) is 0 Å². The maximum absolute atomic E-state index is 2.51. The smallest absolute Gasteiger partial charge is 0.0731 e. The summed E-state index contributed by atoms with van der Waals surface area (Å²) >= 11 is 0. The summed E-state index contributed by atoms with van der Waals surface area (Å²) in [6.45, 7) is 0. The van der Waals surface area contributed by atoms with Crippen LogP contribution in [-0.2, 0) is 5.41 Å². The molecule has 0 aliphatic heterocycles. The Labute approximate surface area is 439 Å². The van der Waals surface area contributed by atoms with Crippen LogP contribution in [0.15, 0.2) is 273 Å². The number of hydrogen-bond acceptors (Lipinski definition) is 0. The van der Waals surface area contributed by atoms with Crippen molar-refractivity contribution < 1.29 is 0 Å². The van der Waals surface area contributed by atoms with Gasteiger partial charge >= 0.3 is 0 Å². The lowest BCUT2D eigenvalue weighted by atomic mass is 9.69. The first-order valence-electron chi connectivity index (χ1n) is 26.6. The van der Waals surface area contributed by atoms with Crippen LogP contribution in [0.1, 0.15) is 22.3 Å². The van der Waals surface area contributed by atoms with E-state index < -0.39 is 5.41 Å². The van der Waals surface area contributed by atoms with E-state index in [-0.39, 0.29) is 0 Å². The molecule has 0 radical (unpaired) electrons. The van der Waals surface area contributed by atoms with Crippen LogP contribution in [0.5, 0.6) is 0 Å². The maximum atomic E-state index is 2.51. The molecule has 1 spiro atoms. The molecule has 0 saturated carbocycles. The zero-order valence-electron chi connectivity index (χ0n) is 41.4. The van der Waals surface area contributed by atoms with Crippen molar-refractivity contribution in [3.05, 3.63) is 295 Å². The van der Waals surface area contributed by atoms with Gasteiger partial charge in [-0.25, -0.2) is 0 Å². The summed E-state index contributed by atoms with van der Waals surface area (Å²) in [6.07, 6.45) is 0. The Kier molecular flexibility index (Phi) is 8.55. The molecule has 2 aliphatic carbocycles. The van der Waals surface area contributed by atoms with Gasteiger partial charge in [-0.05, 0) is 180 Å². The number of nitrogens with zero attached hydrogens (tertiary/aromatic N) is 1. The Morgan fingerprint density at radius 1 is 0.237 bits per heavy atom. The fourth-order valence-electron chi connectivity index (χ4n) is 14.3. The predicted octanol–water partition coefficient (Wildman–Crippen LogP) is 19.9. The third kappa shape index (κ3) is 5.53. The molecule has 15 aromatic rings. The third-order valence-corrected chi connectivity index (χ3v) is 17.3. The Hall–Kier alpha value is -9.82. The summed E-state index contributed by atoms with van der Waals surface area (Å²) in [7, 11) is 0. The number of hydrogen-bond donors (Lipinski definition) is 0. The second-order valence-electron chi connectivity index (χ2n) is 21.0. The van der Waals surface area contributed by atoms with E-state index in [1.165, 1.54) is 159 Å². The van der Waals surface area contributed by atoms with Gasteiger partial charge in [-0.1, -0.05) is 224 Å². The molecule has 1 heterocycles. The van der Waals surface area contributed by atoms with E-state index in [2.05, 4.69) is 278 Å². The van der Waals surface area contributed by atoms with Gasteiger partial charge < -0.3 is 4.57 Å². The van der Waals surface area contributed by atoms with Crippen molar-refractivity contribution in [2.45, 2.75) is 5.41 Å². The number of benzene rings is 14. The highest BCUT2D eigenvalue weighted by atomic mass is 15.0. The van der Waals surface area contributed by atoms with E-state index in [1.807, 2.05) is 0 Å². The molecule has 0 unspecified atom stereocenters. The van der Waals surface area contributed by atoms with Crippen LogP contribution >= 0.6 is 0 Å². The molecule has 0 amide bonds. The van der Waals surface area contributed by atoms with Gasteiger partial charge in [0.25, 0.3) is 0 Å². The van der Waals surface area contributed by atoms with Gasteiger partial charge in [-0.3, -0.25) is 0 Å². The molecular formula is C75H45N. The molecule has 1 heteroatoms. The Morgan fingerprint density at radius 2 is 0.711 bits per heavy atom. The third-order valence-electron chi connectivity index (χ3n) is 17.3. The SMILES string of the molecule is c1ccc(-n2c3ccccc3c3cc(-c4c5ccccc5c(-c5ccc(-c6ccc7c8c(c9ccccc9c7c6)-c6cc7ccccc7cc6C86c7ccccc7-c7ccccc76)cc5)c5ccccc45)ccc32)cc1. The van der Waals surface area contributed by atoms with E-state index in [9.17, 15) is 0 Å². The van der Waals surface area contributed by atoms with Gasteiger partial charge in [-0.15, -0.1) is 0 Å². The average Bonchev–Trinajstić information content (AvgIpc) is 3.44. The summed E-state index contributed by atoms with van der Waals surface area (Å²) < 4.78 is 2.40. The van der Waals surface area contributed by atoms with Crippen LogP contribution in [0, 0.1) is 0 Å². The normalized spacial score (nSPS) is 13.1. The number of fused-ring (bicyclic) bond motifs is 21. The number of para-hydroxylation sites is 2.